The van der Waals surface area contributed by atoms with Gasteiger partial charge in [-0.05, 0) is 26.2 Å². The van der Waals surface area contributed by atoms with Gasteiger partial charge in [-0.15, -0.1) is 5.92 Å². The molecule has 0 saturated heterocycles. The predicted octanol–water partition coefficient (Wildman–Crippen LogP) is 2.25. The van der Waals surface area contributed by atoms with Crippen molar-refractivity contribution in [1.29, 1.82) is 0 Å². The summed E-state index contributed by atoms with van der Waals surface area (Å²) in [6.07, 6.45) is 3.53. The highest BCUT2D eigenvalue weighted by Crippen LogP contribution is 2.64. The smallest absolute Gasteiger partial charge is 0.324 e. The summed E-state index contributed by atoms with van der Waals surface area (Å²) in [6.45, 7) is 4.23. The zero-order valence-electron chi connectivity index (χ0n) is 14.9. The van der Waals surface area contributed by atoms with Gasteiger partial charge in [0.25, 0.3) is 0 Å². The van der Waals surface area contributed by atoms with E-state index in [4.69, 9.17) is 14.2 Å². The first kappa shape index (κ1) is 20.0. The molecule has 0 N–H and O–H groups in total. The van der Waals surface area contributed by atoms with Crippen molar-refractivity contribution < 1.29 is 28.6 Å². The van der Waals surface area contributed by atoms with Crippen LogP contribution in [0.4, 0.5) is 0 Å². The molecule has 0 radical (unpaired) electrons. The van der Waals surface area contributed by atoms with Gasteiger partial charge in [0.1, 0.15) is 0 Å². The number of ether oxygens (including phenoxy) is 3. The fraction of sp³-hybridized carbons (Fsp3) is 0.722. The molecule has 0 aromatic rings. The lowest BCUT2D eigenvalue weighted by atomic mass is 9.94. The van der Waals surface area contributed by atoms with Crippen LogP contribution in [-0.4, -0.2) is 38.7 Å². The maximum absolute atomic E-state index is 12.0. The Bertz CT molecular complexity index is 525. The van der Waals surface area contributed by atoms with E-state index < -0.39 is 22.8 Å². The van der Waals surface area contributed by atoms with Gasteiger partial charge in [-0.2, -0.15) is 0 Å². The van der Waals surface area contributed by atoms with Crippen LogP contribution < -0.4 is 0 Å². The third-order valence-corrected chi connectivity index (χ3v) is 4.31. The van der Waals surface area contributed by atoms with Crippen LogP contribution in [0.3, 0.4) is 0 Å². The minimum absolute atomic E-state index is 0.221. The number of hydrogen-bond donors (Lipinski definition) is 0. The number of hydrogen-bond acceptors (Lipinski definition) is 6. The van der Waals surface area contributed by atoms with E-state index in [-0.39, 0.29) is 12.4 Å². The third-order valence-electron chi connectivity index (χ3n) is 4.31. The van der Waals surface area contributed by atoms with Crippen molar-refractivity contribution in [2.24, 2.45) is 10.8 Å². The lowest BCUT2D eigenvalue weighted by Crippen LogP contribution is -2.33. The van der Waals surface area contributed by atoms with Gasteiger partial charge in [0.15, 0.2) is 5.41 Å². The number of esters is 3. The molecule has 1 aliphatic rings. The monoisotopic (exact) mass is 338 g/mol. The molecule has 0 aromatic carbocycles. The van der Waals surface area contributed by atoms with Crippen LogP contribution in [0.5, 0.6) is 0 Å². The first-order valence-corrected chi connectivity index (χ1v) is 8.20. The molecule has 0 amide bonds. The van der Waals surface area contributed by atoms with Crippen LogP contribution in [0.1, 0.15) is 52.4 Å². The van der Waals surface area contributed by atoms with Gasteiger partial charge in [0.05, 0.1) is 26.2 Å². The second-order valence-electron chi connectivity index (χ2n) is 6.13. The first-order chi connectivity index (χ1) is 11.4. The van der Waals surface area contributed by atoms with E-state index in [1.54, 1.807) is 6.92 Å². The van der Waals surface area contributed by atoms with E-state index in [0.717, 1.165) is 12.8 Å². The third kappa shape index (κ3) is 4.28. The van der Waals surface area contributed by atoms with Crippen molar-refractivity contribution in [2.45, 2.75) is 52.4 Å². The van der Waals surface area contributed by atoms with Gasteiger partial charge in [0, 0.05) is 12.8 Å². The Morgan fingerprint density at radius 2 is 1.71 bits per heavy atom. The highest BCUT2D eigenvalue weighted by atomic mass is 16.5. The van der Waals surface area contributed by atoms with Crippen LogP contribution in [0.2, 0.25) is 0 Å². The lowest BCUT2D eigenvalue weighted by Gasteiger charge is -2.14. The SMILES string of the molecule is CCCCOC(=O)CCCC#CC1(C)CC1(C(=O)OC)C(=O)OC. The Kier molecular flexibility index (Phi) is 7.27. The fourth-order valence-corrected chi connectivity index (χ4v) is 2.64. The Labute approximate surface area is 143 Å². The van der Waals surface area contributed by atoms with E-state index in [0.29, 0.717) is 25.9 Å². The number of rotatable bonds is 8. The average molecular weight is 338 g/mol. The molecule has 0 aliphatic heterocycles. The van der Waals surface area contributed by atoms with Crippen LogP contribution in [-0.2, 0) is 28.6 Å². The number of unbranched alkanes of at least 4 members (excludes halogenated alkanes) is 2. The molecule has 0 bridgehead atoms. The van der Waals surface area contributed by atoms with Crippen molar-refractivity contribution in [3.63, 3.8) is 0 Å². The van der Waals surface area contributed by atoms with Crippen LogP contribution in [0.25, 0.3) is 0 Å². The Hall–Kier alpha value is -2.03. The molecule has 1 fully saturated rings. The minimum Gasteiger partial charge on any atom is -0.468 e. The highest BCUT2D eigenvalue weighted by molar-refractivity contribution is 6.05. The molecule has 6 heteroatoms. The number of carbonyl (C=O) groups excluding carboxylic acids is 3. The zero-order chi connectivity index (χ0) is 18.2. The molecular formula is C18H26O6. The molecule has 1 atom stereocenters. The maximum Gasteiger partial charge on any atom is 0.324 e. The molecule has 0 aromatic heterocycles. The number of methoxy groups -OCH3 is 2. The molecule has 0 spiro atoms. The zero-order valence-corrected chi connectivity index (χ0v) is 14.9. The van der Waals surface area contributed by atoms with E-state index >= 15 is 0 Å². The summed E-state index contributed by atoms with van der Waals surface area (Å²) in [4.78, 5) is 35.4. The summed E-state index contributed by atoms with van der Waals surface area (Å²) in [5.41, 5.74) is -2.11. The molecule has 0 heterocycles. The Balaban J connectivity index is 2.50. The molecule has 1 saturated carbocycles. The second kappa shape index (κ2) is 8.72. The van der Waals surface area contributed by atoms with Gasteiger partial charge < -0.3 is 14.2 Å². The summed E-state index contributed by atoms with van der Waals surface area (Å²) < 4.78 is 14.5. The lowest BCUT2D eigenvalue weighted by molar-refractivity contribution is -0.162. The molecule has 1 unspecified atom stereocenters. The molecule has 6 nitrogen and oxygen atoms in total. The van der Waals surface area contributed by atoms with Crippen LogP contribution >= 0.6 is 0 Å². The predicted molar refractivity (Wildman–Crippen MR) is 86.7 cm³/mol. The summed E-state index contributed by atoms with van der Waals surface area (Å²) >= 11 is 0. The Morgan fingerprint density at radius 1 is 1.08 bits per heavy atom. The number of carbonyl (C=O) groups is 3. The minimum atomic E-state index is -1.33. The Morgan fingerprint density at radius 3 is 2.25 bits per heavy atom. The summed E-state index contributed by atoms with van der Waals surface area (Å²) in [5, 5.41) is 0. The highest BCUT2D eigenvalue weighted by Gasteiger charge is 2.76. The summed E-state index contributed by atoms with van der Waals surface area (Å²) in [7, 11) is 2.48. The molecule has 1 rings (SSSR count). The maximum atomic E-state index is 12.0. The van der Waals surface area contributed by atoms with Gasteiger partial charge in [-0.1, -0.05) is 19.3 Å². The van der Waals surface area contributed by atoms with Gasteiger partial charge in [-0.3, -0.25) is 14.4 Å². The van der Waals surface area contributed by atoms with E-state index in [1.165, 1.54) is 14.2 Å². The molecule has 134 valence electrons. The summed E-state index contributed by atoms with van der Waals surface area (Å²) in [6, 6.07) is 0. The van der Waals surface area contributed by atoms with Gasteiger partial charge >= 0.3 is 17.9 Å². The standard InChI is InChI=1S/C18H26O6/c1-5-6-12-24-14(19)10-8-7-9-11-17(2)13-18(17,15(20)22-3)16(21)23-4/h5-8,10,12-13H2,1-4H3. The van der Waals surface area contributed by atoms with Crippen LogP contribution in [0.15, 0.2) is 0 Å². The van der Waals surface area contributed by atoms with E-state index in [1.807, 2.05) is 6.92 Å². The van der Waals surface area contributed by atoms with Gasteiger partial charge in [0.2, 0.25) is 0 Å². The van der Waals surface area contributed by atoms with E-state index in [2.05, 4.69) is 11.8 Å². The van der Waals surface area contributed by atoms with Gasteiger partial charge in [-0.25, -0.2) is 0 Å². The summed E-state index contributed by atoms with van der Waals surface area (Å²) in [5.74, 6) is 4.47. The van der Waals surface area contributed by atoms with Crippen molar-refractivity contribution in [3.05, 3.63) is 0 Å². The van der Waals surface area contributed by atoms with Crippen molar-refractivity contribution in [1.82, 2.24) is 0 Å². The van der Waals surface area contributed by atoms with E-state index in [9.17, 15) is 14.4 Å². The van der Waals surface area contributed by atoms with Crippen molar-refractivity contribution in [2.75, 3.05) is 20.8 Å². The average Bonchev–Trinajstić information content (AvgIpc) is 3.20. The molecule has 24 heavy (non-hydrogen) atoms. The van der Waals surface area contributed by atoms with Crippen molar-refractivity contribution >= 4 is 17.9 Å². The fourth-order valence-electron chi connectivity index (χ4n) is 2.64. The topological polar surface area (TPSA) is 78.9 Å². The normalized spacial score (nSPS) is 20.3. The quantitative estimate of drug-likeness (QED) is 0.222. The largest absolute Gasteiger partial charge is 0.468 e. The molecular weight excluding hydrogens is 312 g/mol. The first-order valence-electron chi connectivity index (χ1n) is 8.20. The van der Waals surface area contributed by atoms with Crippen LogP contribution in [0, 0.1) is 22.7 Å². The van der Waals surface area contributed by atoms with Crippen molar-refractivity contribution in [3.8, 4) is 11.8 Å². The second-order valence-corrected chi connectivity index (χ2v) is 6.13. The molecule has 1 aliphatic carbocycles.